The van der Waals surface area contributed by atoms with E-state index in [1.54, 1.807) is 13.2 Å². The summed E-state index contributed by atoms with van der Waals surface area (Å²) in [6.45, 7) is 3.93. The molecule has 1 amide bonds. The lowest BCUT2D eigenvalue weighted by Gasteiger charge is -2.13. The standard InChI is InChI=1S/C13H20N2O2/c1-4-5-11(14)13(16)15-12-8-10(17-3)7-6-9(12)2/h6-8,11H,4-5,14H2,1-3H3,(H,15,16). The summed E-state index contributed by atoms with van der Waals surface area (Å²) < 4.78 is 5.12. The van der Waals surface area contributed by atoms with Crippen LogP contribution in [0.2, 0.25) is 0 Å². The van der Waals surface area contributed by atoms with E-state index in [2.05, 4.69) is 5.32 Å². The van der Waals surface area contributed by atoms with E-state index in [1.807, 2.05) is 26.0 Å². The zero-order valence-corrected chi connectivity index (χ0v) is 10.6. The topological polar surface area (TPSA) is 64.4 Å². The molecule has 0 radical (unpaired) electrons. The Kier molecular flexibility index (Phi) is 4.97. The molecule has 0 fully saturated rings. The van der Waals surface area contributed by atoms with Gasteiger partial charge >= 0.3 is 0 Å². The van der Waals surface area contributed by atoms with Crippen LogP contribution in [0.3, 0.4) is 0 Å². The highest BCUT2D eigenvalue weighted by atomic mass is 16.5. The number of nitrogens with one attached hydrogen (secondary N) is 1. The number of anilines is 1. The molecule has 1 atom stereocenters. The molecule has 0 aliphatic heterocycles. The van der Waals surface area contributed by atoms with Crippen molar-refractivity contribution in [3.05, 3.63) is 23.8 Å². The van der Waals surface area contributed by atoms with Crippen molar-refractivity contribution >= 4 is 11.6 Å². The van der Waals surface area contributed by atoms with Crippen LogP contribution in [0.5, 0.6) is 5.75 Å². The van der Waals surface area contributed by atoms with E-state index in [9.17, 15) is 4.79 Å². The minimum atomic E-state index is -0.453. The third kappa shape index (κ3) is 3.75. The summed E-state index contributed by atoms with van der Waals surface area (Å²) >= 11 is 0. The first-order valence-corrected chi connectivity index (χ1v) is 5.79. The molecule has 0 saturated heterocycles. The molecule has 1 unspecified atom stereocenters. The molecule has 1 aromatic carbocycles. The number of hydrogen-bond donors (Lipinski definition) is 2. The fraction of sp³-hybridized carbons (Fsp3) is 0.462. The Balaban J connectivity index is 2.76. The van der Waals surface area contributed by atoms with Crippen molar-refractivity contribution in [2.24, 2.45) is 5.73 Å². The second-order valence-corrected chi connectivity index (χ2v) is 4.07. The minimum absolute atomic E-state index is 0.150. The van der Waals surface area contributed by atoms with E-state index >= 15 is 0 Å². The molecule has 1 aromatic rings. The summed E-state index contributed by atoms with van der Waals surface area (Å²) in [5.74, 6) is 0.568. The van der Waals surface area contributed by atoms with Crippen molar-refractivity contribution < 1.29 is 9.53 Å². The quantitative estimate of drug-likeness (QED) is 0.822. The smallest absolute Gasteiger partial charge is 0.241 e. The minimum Gasteiger partial charge on any atom is -0.497 e. The molecule has 0 saturated carbocycles. The van der Waals surface area contributed by atoms with E-state index in [0.717, 1.165) is 23.4 Å². The Bertz CT molecular complexity index is 391. The van der Waals surface area contributed by atoms with E-state index in [-0.39, 0.29) is 5.91 Å². The predicted octanol–water partition coefficient (Wildman–Crippen LogP) is 2.07. The number of rotatable bonds is 5. The third-order valence-electron chi connectivity index (χ3n) is 2.64. The van der Waals surface area contributed by atoms with Crippen LogP contribution in [-0.2, 0) is 4.79 Å². The fourth-order valence-corrected chi connectivity index (χ4v) is 1.53. The number of benzene rings is 1. The maximum atomic E-state index is 11.8. The van der Waals surface area contributed by atoms with Crippen molar-refractivity contribution in [3.8, 4) is 5.75 Å². The number of nitrogens with two attached hydrogens (primary N) is 1. The molecular weight excluding hydrogens is 216 g/mol. The van der Waals surface area contributed by atoms with Crippen molar-refractivity contribution in [2.45, 2.75) is 32.7 Å². The van der Waals surface area contributed by atoms with Gasteiger partial charge in [0.25, 0.3) is 0 Å². The Morgan fingerprint density at radius 3 is 2.82 bits per heavy atom. The lowest BCUT2D eigenvalue weighted by molar-refractivity contribution is -0.117. The van der Waals surface area contributed by atoms with Gasteiger partial charge in [-0.15, -0.1) is 0 Å². The van der Waals surface area contributed by atoms with Gasteiger partial charge in [-0.1, -0.05) is 19.4 Å². The van der Waals surface area contributed by atoms with Gasteiger partial charge in [-0.3, -0.25) is 4.79 Å². The number of ether oxygens (including phenoxy) is 1. The number of carbonyl (C=O) groups excluding carboxylic acids is 1. The van der Waals surface area contributed by atoms with E-state index in [0.29, 0.717) is 6.42 Å². The highest BCUT2D eigenvalue weighted by Crippen LogP contribution is 2.21. The summed E-state index contributed by atoms with van der Waals surface area (Å²) in [6.07, 6.45) is 1.58. The third-order valence-corrected chi connectivity index (χ3v) is 2.64. The first-order valence-electron chi connectivity index (χ1n) is 5.79. The molecule has 0 aliphatic rings. The molecule has 0 aromatic heterocycles. The van der Waals surface area contributed by atoms with Crippen LogP contribution in [0.15, 0.2) is 18.2 Å². The zero-order valence-electron chi connectivity index (χ0n) is 10.6. The van der Waals surface area contributed by atoms with E-state index in [1.165, 1.54) is 0 Å². The number of hydrogen-bond acceptors (Lipinski definition) is 3. The van der Waals surface area contributed by atoms with Gasteiger partial charge in [0, 0.05) is 11.8 Å². The van der Waals surface area contributed by atoms with Gasteiger partial charge in [0.2, 0.25) is 5.91 Å². The van der Waals surface area contributed by atoms with Crippen molar-refractivity contribution in [1.82, 2.24) is 0 Å². The SMILES string of the molecule is CCCC(N)C(=O)Nc1cc(OC)ccc1C. The van der Waals surface area contributed by atoms with Crippen LogP contribution in [0.1, 0.15) is 25.3 Å². The van der Waals surface area contributed by atoms with Crippen molar-refractivity contribution in [2.75, 3.05) is 12.4 Å². The average Bonchev–Trinajstić information content (AvgIpc) is 2.32. The molecule has 0 spiro atoms. The van der Waals surface area contributed by atoms with Gasteiger partial charge in [0.15, 0.2) is 0 Å². The lowest BCUT2D eigenvalue weighted by atomic mass is 10.1. The highest BCUT2D eigenvalue weighted by molar-refractivity contribution is 5.95. The van der Waals surface area contributed by atoms with Gasteiger partial charge in [-0.2, -0.15) is 0 Å². The first-order chi connectivity index (χ1) is 8.08. The van der Waals surface area contributed by atoms with Gasteiger partial charge in [-0.25, -0.2) is 0 Å². The van der Waals surface area contributed by atoms with Crippen molar-refractivity contribution in [1.29, 1.82) is 0 Å². The maximum absolute atomic E-state index is 11.8. The molecule has 4 nitrogen and oxygen atoms in total. The molecule has 0 bridgehead atoms. The van der Waals surface area contributed by atoms with Gasteiger partial charge in [-0.05, 0) is 25.0 Å². The summed E-state index contributed by atoms with van der Waals surface area (Å²) in [4.78, 5) is 11.8. The molecule has 94 valence electrons. The van der Waals surface area contributed by atoms with Crippen molar-refractivity contribution in [3.63, 3.8) is 0 Å². The molecule has 1 rings (SSSR count). The lowest BCUT2D eigenvalue weighted by Crippen LogP contribution is -2.35. The Morgan fingerprint density at radius 2 is 2.24 bits per heavy atom. The van der Waals surface area contributed by atoms with Crippen LogP contribution < -0.4 is 15.8 Å². The normalized spacial score (nSPS) is 12.0. The van der Waals surface area contributed by atoms with Gasteiger partial charge < -0.3 is 15.8 Å². The van der Waals surface area contributed by atoms with Crippen LogP contribution in [0.4, 0.5) is 5.69 Å². The van der Waals surface area contributed by atoms with E-state index < -0.39 is 6.04 Å². The molecular formula is C13H20N2O2. The molecule has 4 heteroatoms. The largest absolute Gasteiger partial charge is 0.497 e. The molecule has 17 heavy (non-hydrogen) atoms. The Hall–Kier alpha value is -1.55. The molecule has 3 N–H and O–H groups in total. The predicted molar refractivity (Wildman–Crippen MR) is 69.2 cm³/mol. The van der Waals surface area contributed by atoms with Crippen LogP contribution in [-0.4, -0.2) is 19.1 Å². The summed E-state index contributed by atoms with van der Waals surface area (Å²) in [5.41, 5.74) is 7.49. The number of amides is 1. The summed E-state index contributed by atoms with van der Waals surface area (Å²) in [6, 6.07) is 5.11. The van der Waals surface area contributed by atoms with Crippen LogP contribution in [0.25, 0.3) is 0 Å². The number of methoxy groups -OCH3 is 1. The van der Waals surface area contributed by atoms with Crippen LogP contribution in [0, 0.1) is 6.92 Å². The molecule has 0 aliphatic carbocycles. The monoisotopic (exact) mass is 236 g/mol. The Labute approximate surface area is 102 Å². The average molecular weight is 236 g/mol. The van der Waals surface area contributed by atoms with Gasteiger partial charge in [0.05, 0.1) is 13.2 Å². The Morgan fingerprint density at radius 1 is 1.53 bits per heavy atom. The summed E-state index contributed by atoms with van der Waals surface area (Å²) in [7, 11) is 1.60. The second kappa shape index (κ2) is 6.25. The highest BCUT2D eigenvalue weighted by Gasteiger charge is 2.13. The fourth-order valence-electron chi connectivity index (χ4n) is 1.53. The number of carbonyl (C=O) groups is 1. The van der Waals surface area contributed by atoms with Gasteiger partial charge in [0.1, 0.15) is 5.75 Å². The summed E-state index contributed by atoms with van der Waals surface area (Å²) in [5, 5.41) is 2.83. The zero-order chi connectivity index (χ0) is 12.8. The van der Waals surface area contributed by atoms with Crippen LogP contribution >= 0.6 is 0 Å². The maximum Gasteiger partial charge on any atom is 0.241 e. The first kappa shape index (κ1) is 13.5. The molecule has 0 heterocycles. The van der Waals surface area contributed by atoms with E-state index in [4.69, 9.17) is 10.5 Å². The second-order valence-electron chi connectivity index (χ2n) is 4.07. The number of aryl methyl sites for hydroxylation is 1.